The number of rotatable bonds is 5. The van der Waals surface area contributed by atoms with Crippen molar-refractivity contribution in [2.45, 2.75) is 50.5 Å². The molecule has 0 aromatic carbocycles. The highest BCUT2D eigenvalue weighted by Gasteiger charge is 2.43. The molecule has 0 unspecified atom stereocenters. The lowest BCUT2D eigenvalue weighted by molar-refractivity contribution is -0.135. The van der Waals surface area contributed by atoms with Crippen molar-refractivity contribution in [3.8, 4) is 0 Å². The first-order chi connectivity index (χ1) is 12.0. The molecule has 1 aliphatic heterocycles. The second-order valence-electron chi connectivity index (χ2n) is 8.05. The van der Waals surface area contributed by atoms with Gasteiger partial charge in [0.15, 0.2) is 0 Å². The van der Waals surface area contributed by atoms with E-state index in [9.17, 15) is 4.79 Å². The summed E-state index contributed by atoms with van der Waals surface area (Å²) in [5.74, 6) is 1.94. The summed E-state index contributed by atoms with van der Waals surface area (Å²) in [6, 6.07) is 1.94. The maximum atomic E-state index is 13.0. The number of hydrogen-bond acceptors (Lipinski definition) is 4. The van der Waals surface area contributed by atoms with Crippen molar-refractivity contribution in [2.24, 2.45) is 13.0 Å². The first-order valence-electron chi connectivity index (χ1n) is 9.70. The number of aryl methyl sites for hydroxylation is 1. The van der Waals surface area contributed by atoms with Gasteiger partial charge < -0.3 is 15.1 Å². The third-order valence-electron chi connectivity index (χ3n) is 5.95. The molecule has 2 fully saturated rings. The highest BCUT2D eigenvalue weighted by molar-refractivity contribution is 5.89. The van der Waals surface area contributed by atoms with E-state index in [1.54, 1.807) is 15.8 Å². The van der Waals surface area contributed by atoms with E-state index in [-0.39, 0.29) is 5.91 Å². The zero-order valence-electron chi connectivity index (χ0n) is 16.0. The third-order valence-corrected chi connectivity index (χ3v) is 5.95. The van der Waals surface area contributed by atoms with Crippen LogP contribution in [0.25, 0.3) is 0 Å². The molecule has 1 aromatic heterocycles. The van der Waals surface area contributed by atoms with Crippen LogP contribution in [0.2, 0.25) is 0 Å². The van der Waals surface area contributed by atoms with Gasteiger partial charge in [-0.05, 0) is 31.6 Å². The molecule has 0 spiro atoms. The van der Waals surface area contributed by atoms with Gasteiger partial charge in [0.2, 0.25) is 5.91 Å². The first-order valence-corrected chi connectivity index (χ1v) is 9.70. The molecule has 2 aliphatic rings. The topological polar surface area (TPSA) is 53.4 Å². The summed E-state index contributed by atoms with van der Waals surface area (Å²) in [7, 11) is 5.61. The minimum atomic E-state index is -0.514. The molecular formula is C19H33N5O. The van der Waals surface area contributed by atoms with Crippen molar-refractivity contribution in [1.82, 2.24) is 19.6 Å². The van der Waals surface area contributed by atoms with E-state index in [4.69, 9.17) is 0 Å². The Bertz CT molecular complexity index is 568. The number of amides is 1. The lowest BCUT2D eigenvalue weighted by atomic mass is 9.84. The van der Waals surface area contributed by atoms with Crippen molar-refractivity contribution in [3.05, 3.63) is 12.3 Å². The number of carbonyl (C=O) groups is 1. The zero-order chi connectivity index (χ0) is 17.9. The molecule has 6 nitrogen and oxygen atoms in total. The van der Waals surface area contributed by atoms with Gasteiger partial charge in [0.25, 0.3) is 0 Å². The quantitative estimate of drug-likeness (QED) is 0.888. The number of anilines is 1. The van der Waals surface area contributed by atoms with Crippen LogP contribution >= 0.6 is 0 Å². The van der Waals surface area contributed by atoms with Crippen LogP contribution in [0, 0.1) is 5.92 Å². The SMILES string of the molecule is CN(C)C(=O)C1(Nc2ccnn2C)CCN(CC2CCCCC2)CC1. The molecule has 0 atom stereocenters. The smallest absolute Gasteiger partial charge is 0.247 e. The summed E-state index contributed by atoms with van der Waals surface area (Å²) in [4.78, 5) is 17.3. The van der Waals surface area contributed by atoms with Gasteiger partial charge in [0.05, 0.1) is 6.20 Å². The fraction of sp³-hybridized carbons (Fsp3) is 0.789. The van der Waals surface area contributed by atoms with Gasteiger partial charge in [-0.3, -0.25) is 9.48 Å². The minimum Gasteiger partial charge on any atom is -0.356 e. The average molecular weight is 348 g/mol. The number of piperidine rings is 1. The van der Waals surface area contributed by atoms with Gasteiger partial charge in [0, 0.05) is 46.8 Å². The number of likely N-dealkylation sites (tertiary alicyclic amines) is 1. The van der Waals surface area contributed by atoms with Crippen LogP contribution in [0.5, 0.6) is 0 Å². The van der Waals surface area contributed by atoms with Gasteiger partial charge in [-0.15, -0.1) is 0 Å². The van der Waals surface area contributed by atoms with E-state index in [1.807, 2.05) is 27.2 Å². The first kappa shape index (κ1) is 18.2. The van der Waals surface area contributed by atoms with E-state index in [0.717, 1.165) is 37.7 Å². The summed E-state index contributed by atoms with van der Waals surface area (Å²) >= 11 is 0. The molecule has 1 amide bonds. The minimum absolute atomic E-state index is 0.172. The van der Waals surface area contributed by atoms with Gasteiger partial charge in [0.1, 0.15) is 11.4 Å². The Balaban J connectivity index is 1.65. The fourth-order valence-electron chi connectivity index (χ4n) is 4.41. The molecular weight excluding hydrogens is 314 g/mol. The van der Waals surface area contributed by atoms with Crippen molar-refractivity contribution < 1.29 is 4.79 Å². The predicted octanol–water partition coefficient (Wildman–Crippen LogP) is 2.34. The monoisotopic (exact) mass is 347 g/mol. The lowest BCUT2D eigenvalue weighted by Gasteiger charge is -2.43. The van der Waals surface area contributed by atoms with Crippen LogP contribution < -0.4 is 5.32 Å². The van der Waals surface area contributed by atoms with Gasteiger partial charge in [-0.1, -0.05) is 19.3 Å². The molecule has 1 aliphatic carbocycles. The molecule has 0 bridgehead atoms. The van der Waals surface area contributed by atoms with Gasteiger partial charge in [-0.25, -0.2) is 0 Å². The second kappa shape index (κ2) is 7.77. The van der Waals surface area contributed by atoms with E-state index in [1.165, 1.54) is 38.6 Å². The Kier molecular flexibility index (Phi) is 5.67. The number of nitrogens with one attached hydrogen (secondary N) is 1. The van der Waals surface area contributed by atoms with Crippen LogP contribution in [0.3, 0.4) is 0 Å². The van der Waals surface area contributed by atoms with E-state index >= 15 is 0 Å². The molecule has 140 valence electrons. The zero-order valence-corrected chi connectivity index (χ0v) is 16.0. The van der Waals surface area contributed by atoms with Crippen molar-refractivity contribution >= 4 is 11.7 Å². The molecule has 2 heterocycles. The predicted molar refractivity (Wildman–Crippen MR) is 101 cm³/mol. The highest BCUT2D eigenvalue weighted by atomic mass is 16.2. The number of carbonyl (C=O) groups excluding carboxylic acids is 1. The Labute approximate surface area is 151 Å². The van der Waals surface area contributed by atoms with Crippen LogP contribution in [0.15, 0.2) is 12.3 Å². The largest absolute Gasteiger partial charge is 0.356 e. The molecule has 0 radical (unpaired) electrons. The van der Waals surface area contributed by atoms with Crippen LogP contribution in [-0.2, 0) is 11.8 Å². The third kappa shape index (κ3) is 4.17. The Morgan fingerprint density at radius 3 is 2.52 bits per heavy atom. The maximum absolute atomic E-state index is 13.0. The number of aromatic nitrogens is 2. The van der Waals surface area contributed by atoms with E-state index < -0.39 is 5.54 Å². The van der Waals surface area contributed by atoms with Crippen molar-refractivity contribution in [2.75, 3.05) is 39.0 Å². The Morgan fingerprint density at radius 1 is 1.28 bits per heavy atom. The fourth-order valence-corrected chi connectivity index (χ4v) is 4.41. The molecule has 1 saturated carbocycles. The summed E-state index contributed by atoms with van der Waals surface area (Å²) in [6.45, 7) is 3.18. The van der Waals surface area contributed by atoms with Crippen molar-refractivity contribution in [1.29, 1.82) is 0 Å². The van der Waals surface area contributed by atoms with Crippen LogP contribution in [0.1, 0.15) is 44.9 Å². The molecule has 6 heteroatoms. The number of hydrogen-bond donors (Lipinski definition) is 1. The summed E-state index contributed by atoms with van der Waals surface area (Å²) < 4.78 is 1.80. The Hall–Kier alpha value is -1.56. The molecule has 1 N–H and O–H groups in total. The normalized spacial score (nSPS) is 21.9. The van der Waals surface area contributed by atoms with Gasteiger partial charge in [-0.2, -0.15) is 5.10 Å². The summed E-state index contributed by atoms with van der Waals surface area (Å²) in [6.07, 6.45) is 10.4. The average Bonchev–Trinajstić information content (AvgIpc) is 3.01. The second-order valence-corrected chi connectivity index (χ2v) is 8.05. The van der Waals surface area contributed by atoms with Crippen LogP contribution in [-0.4, -0.2) is 64.8 Å². The van der Waals surface area contributed by atoms with Crippen molar-refractivity contribution in [3.63, 3.8) is 0 Å². The molecule has 1 aromatic rings. The maximum Gasteiger partial charge on any atom is 0.247 e. The molecule has 3 rings (SSSR count). The van der Waals surface area contributed by atoms with Gasteiger partial charge >= 0.3 is 0 Å². The molecule has 1 saturated heterocycles. The summed E-state index contributed by atoms with van der Waals surface area (Å²) in [5, 5.41) is 7.76. The highest BCUT2D eigenvalue weighted by Crippen LogP contribution is 2.31. The lowest BCUT2D eigenvalue weighted by Crippen LogP contribution is -2.58. The number of likely N-dealkylation sites (N-methyl/N-ethyl adjacent to an activating group) is 1. The summed E-state index contributed by atoms with van der Waals surface area (Å²) in [5.41, 5.74) is -0.514. The van der Waals surface area contributed by atoms with Crippen LogP contribution in [0.4, 0.5) is 5.82 Å². The Morgan fingerprint density at radius 2 is 1.96 bits per heavy atom. The standard InChI is InChI=1S/C19H33N5O/c1-22(2)18(25)19(21-17-9-12-20-23(17)3)10-13-24(14-11-19)15-16-7-5-4-6-8-16/h9,12,16,21H,4-8,10-11,13-15H2,1-3H3. The van der Waals surface area contributed by atoms with E-state index in [0.29, 0.717) is 0 Å². The van der Waals surface area contributed by atoms with E-state index in [2.05, 4.69) is 15.3 Å². The number of nitrogens with zero attached hydrogens (tertiary/aromatic N) is 4. The molecule has 25 heavy (non-hydrogen) atoms.